The highest BCUT2D eigenvalue weighted by molar-refractivity contribution is 5.76. The first-order valence-corrected chi connectivity index (χ1v) is 5.93. The number of nitro groups is 1. The molecule has 0 aromatic carbocycles. The average molecular weight is 267 g/mol. The van der Waals surface area contributed by atoms with Gasteiger partial charge in [0.25, 0.3) is 0 Å². The summed E-state index contributed by atoms with van der Waals surface area (Å²) in [4.78, 5) is 27.6. The maximum atomic E-state index is 11.4. The third-order valence-electron chi connectivity index (χ3n) is 2.53. The largest absolute Gasteiger partial charge is 0.468 e. The van der Waals surface area contributed by atoms with Gasteiger partial charge in [0.05, 0.1) is 12.0 Å². The monoisotopic (exact) mass is 267 g/mol. The smallest absolute Gasteiger partial charge is 0.325 e. The maximum absolute atomic E-state index is 11.4. The van der Waals surface area contributed by atoms with Gasteiger partial charge in [-0.3, -0.25) is 14.9 Å². The number of pyridine rings is 1. The van der Waals surface area contributed by atoms with E-state index in [9.17, 15) is 14.9 Å². The zero-order valence-electron chi connectivity index (χ0n) is 11.3. The molecule has 0 atom stereocenters. The molecule has 0 N–H and O–H groups in total. The number of ether oxygens (including phenoxy) is 1. The van der Waals surface area contributed by atoms with Crippen LogP contribution in [-0.2, 0) is 9.53 Å². The van der Waals surface area contributed by atoms with Crippen molar-refractivity contribution >= 4 is 17.5 Å². The van der Waals surface area contributed by atoms with Crippen molar-refractivity contribution in [3.63, 3.8) is 0 Å². The average Bonchev–Trinajstić information content (AvgIpc) is 2.37. The summed E-state index contributed by atoms with van der Waals surface area (Å²) in [7, 11) is 1.28. The SMILES string of the molecule is CCCN(CC(=O)OC)c1nc(C)ccc1[N+](=O)[O-]. The van der Waals surface area contributed by atoms with Crippen LogP contribution in [0.25, 0.3) is 0 Å². The molecule has 1 heterocycles. The van der Waals surface area contributed by atoms with Crippen molar-refractivity contribution in [1.29, 1.82) is 0 Å². The number of methoxy groups -OCH3 is 1. The first kappa shape index (κ1) is 14.9. The highest BCUT2D eigenvalue weighted by Crippen LogP contribution is 2.26. The summed E-state index contributed by atoms with van der Waals surface area (Å²) in [5, 5.41) is 11.0. The summed E-state index contributed by atoms with van der Waals surface area (Å²) in [6, 6.07) is 2.97. The molecule has 104 valence electrons. The molecule has 0 aliphatic rings. The van der Waals surface area contributed by atoms with E-state index in [2.05, 4.69) is 9.72 Å². The molecule has 0 saturated carbocycles. The van der Waals surface area contributed by atoms with Gasteiger partial charge in [0, 0.05) is 18.3 Å². The van der Waals surface area contributed by atoms with Gasteiger partial charge in [0.15, 0.2) is 0 Å². The number of carbonyl (C=O) groups is 1. The van der Waals surface area contributed by atoms with E-state index in [1.165, 1.54) is 13.2 Å². The molecule has 7 heteroatoms. The fourth-order valence-corrected chi connectivity index (χ4v) is 1.66. The van der Waals surface area contributed by atoms with Gasteiger partial charge in [-0.2, -0.15) is 0 Å². The maximum Gasteiger partial charge on any atom is 0.325 e. The molecule has 0 saturated heterocycles. The molecule has 0 amide bonds. The Bertz CT molecular complexity index is 476. The molecule has 0 aliphatic carbocycles. The van der Waals surface area contributed by atoms with Crippen molar-refractivity contribution in [2.75, 3.05) is 25.1 Å². The molecule has 7 nitrogen and oxygen atoms in total. The molecular formula is C12H17N3O4. The topological polar surface area (TPSA) is 85.6 Å². The lowest BCUT2D eigenvalue weighted by molar-refractivity contribution is -0.384. The second-order valence-corrected chi connectivity index (χ2v) is 4.05. The Balaban J connectivity index is 3.16. The standard InChI is InChI=1S/C12H17N3O4/c1-4-7-14(8-11(16)19-3)12-10(15(17)18)6-5-9(2)13-12/h5-6H,4,7-8H2,1-3H3. The number of aromatic nitrogens is 1. The summed E-state index contributed by atoms with van der Waals surface area (Å²) in [5.41, 5.74) is 0.550. The molecule has 1 rings (SSSR count). The third kappa shape index (κ3) is 3.90. The number of carbonyl (C=O) groups excluding carboxylic acids is 1. The van der Waals surface area contributed by atoms with Crippen LogP contribution in [0.15, 0.2) is 12.1 Å². The van der Waals surface area contributed by atoms with E-state index in [1.54, 1.807) is 17.9 Å². The Morgan fingerprint density at radius 2 is 2.21 bits per heavy atom. The zero-order chi connectivity index (χ0) is 14.4. The van der Waals surface area contributed by atoms with Gasteiger partial charge in [-0.1, -0.05) is 6.92 Å². The number of hydrogen-bond donors (Lipinski definition) is 0. The van der Waals surface area contributed by atoms with Gasteiger partial charge in [-0.15, -0.1) is 0 Å². The summed E-state index contributed by atoms with van der Waals surface area (Å²) in [6.07, 6.45) is 0.740. The molecule has 0 fully saturated rings. The zero-order valence-corrected chi connectivity index (χ0v) is 11.3. The minimum absolute atomic E-state index is 0.0539. The highest BCUT2D eigenvalue weighted by atomic mass is 16.6. The lowest BCUT2D eigenvalue weighted by Gasteiger charge is -2.21. The summed E-state index contributed by atoms with van der Waals surface area (Å²) in [5.74, 6) is -0.247. The first-order valence-electron chi connectivity index (χ1n) is 5.93. The lowest BCUT2D eigenvalue weighted by atomic mass is 10.3. The molecule has 0 radical (unpaired) electrons. The van der Waals surface area contributed by atoms with Crippen molar-refractivity contribution < 1.29 is 14.5 Å². The van der Waals surface area contributed by atoms with Crippen LogP contribution in [-0.4, -0.2) is 36.1 Å². The van der Waals surface area contributed by atoms with E-state index >= 15 is 0 Å². The van der Waals surface area contributed by atoms with Crippen LogP contribution in [0.3, 0.4) is 0 Å². The van der Waals surface area contributed by atoms with E-state index in [0.717, 1.165) is 6.42 Å². The second-order valence-electron chi connectivity index (χ2n) is 4.05. The van der Waals surface area contributed by atoms with E-state index < -0.39 is 10.9 Å². The molecular weight excluding hydrogens is 250 g/mol. The quantitative estimate of drug-likeness (QED) is 0.443. The van der Waals surface area contributed by atoms with Crippen LogP contribution in [0.1, 0.15) is 19.0 Å². The van der Waals surface area contributed by atoms with Crippen molar-refractivity contribution in [2.45, 2.75) is 20.3 Å². The number of aryl methyl sites for hydroxylation is 1. The van der Waals surface area contributed by atoms with E-state index in [-0.39, 0.29) is 18.1 Å². The first-order chi connectivity index (χ1) is 8.99. The van der Waals surface area contributed by atoms with Gasteiger partial charge in [-0.25, -0.2) is 4.98 Å². The number of rotatable bonds is 6. The van der Waals surface area contributed by atoms with Crippen LogP contribution in [0.2, 0.25) is 0 Å². The molecule has 0 bridgehead atoms. The van der Waals surface area contributed by atoms with Gasteiger partial charge < -0.3 is 9.64 Å². The minimum atomic E-state index is -0.498. The summed E-state index contributed by atoms with van der Waals surface area (Å²) < 4.78 is 4.60. The molecule has 0 spiro atoms. The van der Waals surface area contributed by atoms with Crippen molar-refractivity contribution in [3.05, 3.63) is 27.9 Å². The minimum Gasteiger partial charge on any atom is -0.468 e. The van der Waals surface area contributed by atoms with Crippen molar-refractivity contribution in [1.82, 2.24) is 4.98 Å². The van der Waals surface area contributed by atoms with E-state index in [4.69, 9.17) is 0 Å². The fraction of sp³-hybridized carbons (Fsp3) is 0.500. The lowest BCUT2D eigenvalue weighted by Crippen LogP contribution is -2.32. The van der Waals surface area contributed by atoms with Gasteiger partial charge in [-0.05, 0) is 19.4 Å². The summed E-state index contributed by atoms with van der Waals surface area (Å²) >= 11 is 0. The number of nitrogens with zero attached hydrogens (tertiary/aromatic N) is 3. The number of esters is 1. The van der Waals surface area contributed by atoms with Crippen molar-refractivity contribution in [2.24, 2.45) is 0 Å². The van der Waals surface area contributed by atoms with Gasteiger partial charge in [0.2, 0.25) is 5.82 Å². The molecule has 0 unspecified atom stereocenters. The van der Waals surface area contributed by atoms with Crippen LogP contribution < -0.4 is 4.90 Å². The van der Waals surface area contributed by atoms with Gasteiger partial charge >= 0.3 is 11.7 Å². The number of hydrogen-bond acceptors (Lipinski definition) is 6. The Morgan fingerprint density at radius 1 is 1.53 bits per heavy atom. The predicted molar refractivity (Wildman–Crippen MR) is 70.1 cm³/mol. The molecule has 0 aliphatic heterocycles. The van der Waals surface area contributed by atoms with Crippen LogP contribution >= 0.6 is 0 Å². The van der Waals surface area contributed by atoms with Crippen LogP contribution in [0, 0.1) is 17.0 Å². The Morgan fingerprint density at radius 3 is 2.74 bits per heavy atom. The number of anilines is 1. The Labute approximate surface area is 111 Å². The predicted octanol–water partition coefficient (Wildman–Crippen LogP) is 1.69. The van der Waals surface area contributed by atoms with Crippen LogP contribution in [0.5, 0.6) is 0 Å². The van der Waals surface area contributed by atoms with Crippen molar-refractivity contribution in [3.8, 4) is 0 Å². The third-order valence-corrected chi connectivity index (χ3v) is 2.53. The van der Waals surface area contributed by atoms with E-state index in [1.807, 2.05) is 6.92 Å². The molecule has 1 aromatic heterocycles. The van der Waals surface area contributed by atoms with Crippen LogP contribution in [0.4, 0.5) is 11.5 Å². The fourth-order valence-electron chi connectivity index (χ4n) is 1.66. The Kier molecular flexibility index (Phi) is 5.23. The normalized spacial score (nSPS) is 10.1. The highest BCUT2D eigenvalue weighted by Gasteiger charge is 2.22. The van der Waals surface area contributed by atoms with E-state index in [0.29, 0.717) is 12.2 Å². The second kappa shape index (κ2) is 6.67. The summed E-state index contributed by atoms with van der Waals surface area (Å²) in [6.45, 7) is 4.11. The Hall–Kier alpha value is -2.18. The molecule has 1 aromatic rings. The van der Waals surface area contributed by atoms with Gasteiger partial charge in [0.1, 0.15) is 6.54 Å². The molecule has 19 heavy (non-hydrogen) atoms.